The normalized spacial score (nSPS) is 11.9. The van der Waals surface area contributed by atoms with Crippen LogP contribution in [0.2, 0.25) is 0 Å². The van der Waals surface area contributed by atoms with E-state index in [-0.39, 0.29) is 16.9 Å². The summed E-state index contributed by atoms with van der Waals surface area (Å²) < 4.78 is 0. The van der Waals surface area contributed by atoms with Crippen LogP contribution in [0.3, 0.4) is 0 Å². The van der Waals surface area contributed by atoms with Crippen LogP contribution in [0.1, 0.15) is 24.2 Å². The second-order valence-electron chi connectivity index (χ2n) is 4.54. The summed E-state index contributed by atoms with van der Waals surface area (Å²) >= 11 is 0.642. The molecule has 1 N–H and O–H groups in total. The summed E-state index contributed by atoms with van der Waals surface area (Å²) in [6.45, 7) is 3.57. The van der Waals surface area contributed by atoms with Gasteiger partial charge in [0.1, 0.15) is 6.04 Å². The molecule has 6 heteroatoms. The molecule has 0 saturated heterocycles. The third-order valence-electron chi connectivity index (χ3n) is 2.58. The Bertz CT molecular complexity index is 487. The van der Waals surface area contributed by atoms with Crippen LogP contribution in [-0.2, 0) is 9.59 Å². The van der Waals surface area contributed by atoms with Crippen LogP contribution in [0.4, 0.5) is 0 Å². The molecule has 1 rings (SSSR count). The lowest BCUT2D eigenvalue weighted by Crippen LogP contribution is -2.43. The Hall–Kier alpha value is -1.82. The Morgan fingerprint density at radius 3 is 2.30 bits per heavy atom. The maximum absolute atomic E-state index is 12.0. The van der Waals surface area contributed by atoms with E-state index in [4.69, 9.17) is 0 Å². The Morgan fingerprint density at radius 1 is 1.20 bits per heavy atom. The molecule has 1 aromatic rings. The summed E-state index contributed by atoms with van der Waals surface area (Å²) in [4.78, 5) is 34.3. The molecule has 0 bridgehead atoms. The Morgan fingerprint density at radius 2 is 1.80 bits per heavy atom. The first-order valence-electron chi connectivity index (χ1n) is 6.14. The van der Waals surface area contributed by atoms with Crippen LogP contribution in [-0.4, -0.2) is 28.8 Å². The van der Waals surface area contributed by atoms with Gasteiger partial charge in [-0.3, -0.25) is 9.59 Å². The zero-order valence-electron chi connectivity index (χ0n) is 11.3. The van der Waals surface area contributed by atoms with Crippen molar-refractivity contribution in [3.63, 3.8) is 0 Å². The van der Waals surface area contributed by atoms with Crippen LogP contribution in [0.25, 0.3) is 0 Å². The van der Waals surface area contributed by atoms with Gasteiger partial charge in [0, 0.05) is 11.3 Å². The van der Waals surface area contributed by atoms with Crippen LogP contribution < -0.4 is 10.4 Å². The van der Waals surface area contributed by atoms with E-state index in [1.807, 2.05) is 0 Å². The summed E-state index contributed by atoms with van der Waals surface area (Å²) in [5.74, 6) is -2.21. The largest absolute Gasteiger partial charge is 0.549 e. The van der Waals surface area contributed by atoms with Gasteiger partial charge in [0.25, 0.3) is 5.91 Å². The first-order chi connectivity index (χ1) is 9.41. The molecule has 0 fully saturated rings. The van der Waals surface area contributed by atoms with Gasteiger partial charge in [-0.2, -0.15) is 0 Å². The van der Waals surface area contributed by atoms with Crippen LogP contribution >= 0.6 is 11.8 Å². The average molecular weight is 294 g/mol. The van der Waals surface area contributed by atoms with Crippen molar-refractivity contribution in [2.45, 2.75) is 19.9 Å². The molecule has 1 aromatic carbocycles. The van der Waals surface area contributed by atoms with Gasteiger partial charge in [-0.1, -0.05) is 43.8 Å². The highest BCUT2D eigenvalue weighted by Crippen LogP contribution is 2.13. The lowest BCUT2D eigenvalue weighted by molar-refractivity contribution is -0.301. The topological polar surface area (TPSA) is 86.3 Å². The molecule has 0 spiro atoms. The fraction of sp³-hybridized carbons (Fsp3) is 0.357. The highest BCUT2D eigenvalue weighted by atomic mass is 32.2. The van der Waals surface area contributed by atoms with Crippen molar-refractivity contribution in [1.29, 1.82) is 0 Å². The Kier molecular flexibility index (Phi) is 6.24. The zero-order valence-corrected chi connectivity index (χ0v) is 12.1. The maximum atomic E-state index is 12.0. The number of carbonyl (C=O) groups is 3. The molecule has 0 aliphatic carbocycles. The third kappa shape index (κ3) is 5.05. The number of carboxylic acids is 1. The van der Waals surface area contributed by atoms with Crippen molar-refractivity contribution >= 4 is 28.8 Å². The number of amides is 1. The van der Waals surface area contributed by atoms with Gasteiger partial charge in [-0.05, 0) is 18.1 Å². The fourth-order valence-corrected chi connectivity index (χ4v) is 2.30. The van der Waals surface area contributed by atoms with Gasteiger partial charge in [-0.25, -0.2) is 0 Å². The van der Waals surface area contributed by atoms with Crippen LogP contribution in [0, 0.1) is 5.92 Å². The predicted molar refractivity (Wildman–Crippen MR) is 75.0 cm³/mol. The SMILES string of the molecule is CC(C)[C@H](NC(=O)c1ccccc1)C(=O)SCC(=O)[O-]. The number of aliphatic carboxylic acids is 1. The Labute approximate surface area is 121 Å². The fourth-order valence-electron chi connectivity index (χ4n) is 1.53. The number of rotatable bonds is 6. The minimum absolute atomic E-state index is 0.135. The monoisotopic (exact) mass is 294 g/mol. The van der Waals surface area contributed by atoms with E-state index >= 15 is 0 Å². The van der Waals surface area contributed by atoms with E-state index in [0.717, 1.165) is 0 Å². The number of benzene rings is 1. The number of hydrogen-bond acceptors (Lipinski definition) is 5. The molecule has 0 unspecified atom stereocenters. The molecule has 20 heavy (non-hydrogen) atoms. The van der Waals surface area contributed by atoms with Crippen molar-refractivity contribution in [2.75, 3.05) is 5.75 Å². The van der Waals surface area contributed by atoms with Crippen molar-refractivity contribution in [1.82, 2.24) is 5.32 Å². The van der Waals surface area contributed by atoms with E-state index in [1.54, 1.807) is 44.2 Å². The van der Waals surface area contributed by atoms with Crippen molar-refractivity contribution in [2.24, 2.45) is 5.92 Å². The van der Waals surface area contributed by atoms with Crippen molar-refractivity contribution in [3.05, 3.63) is 35.9 Å². The molecular weight excluding hydrogens is 278 g/mol. The first-order valence-corrected chi connectivity index (χ1v) is 7.12. The molecule has 5 nitrogen and oxygen atoms in total. The minimum atomic E-state index is -1.31. The lowest BCUT2D eigenvalue weighted by atomic mass is 10.1. The van der Waals surface area contributed by atoms with E-state index in [0.29, 0.717) is 17.3 Å². The number of hydrogen-bond donors (Lipinski definition) is 1. The number of nitrogens with one attached hydrogen (secondary N) is 1. The standard InChI is InChI=1S/C14H17NO4S/c1-9(2)12(14(19)20-8-11(16)17)15-13(18)10-6-4-3-5-7-10/h3-7,9,12H,8H2,1-2H3,(H,15,18)(H,16,17)/p-1/t12-/m0/s1. The molecule has 1 atom stereocenters. The van der Waals surface area contributed by atoms with E-state index in [9.17, 15) is 19.5 Å². The highest BCUT2D eigenvalue weighted by Gasteiger charge is 2.24. The summed E-state index contributed by atoms with van der Waals surface area (Å²) in [6.07, 6.45) is 0. The van der Waals surface area contributed by atoms with E-state index < -0.39 is 17.8 Å². The number of carbonyl (C=O) groups excluding carboxylic acids is 3. The van der Waals surface area contributed by atoms with Crippen LogP contribution in [0.5, 0.6) is 0 Å². The molecule has 0 aliphatic rings. The summed E-state index contributed by atoms with van der Waals surface area (Å²) in [7, 11) is 0. The van der Waals surface area contributed by atoms with Gasteiger partial charge in [0.05, 0.1) is 5.97 Å². The minimum Gasteiger partial charge on any atom is -0.549 e. The Balaban J connectivity index is 2.70. The highest BCUT2D eigenvalue weighted by molar-refractivity contribution is 8.14. The van der Waals surface area contributed by atoms with Crippen molar-refractivity contribution < 1.29 is 19.5 Å². The van der Waals surface area contributed by atoms with Gasteiger partial charge < -0.3 is 15.2 Å². The summed E-state index contributed by atoms with van der Waals surface area (Å²) in [5.41, 5.74) is 0.454. The molecule has 0 aromatic heterocycles. The second-order valence-corrected chi connectivity index (χ2v) is 5.52. The number of carboxylic acid groups (broad SMARTS) is 1. The molecule has 1 amide bonds. The third-order valence-corrected chi connectivity index (χ3v) is 3.49. The molecule has 108 valence electrons. The van der Waals surface area contributed by atoms with E-state index in [2.05, 4.69) is 5.32 Å². The predicted octanol–water partition coefficient (Wildman–Crippen LogP) is 0.451. The van der Waals surface area contributed by atoms with Crippen molar-refractivity contribution in [3.8, 4) is 0 Å². The quantitative estimate of drug-likeness (QED) is 0.823. The molecule has 0 heterocycles. The molecule has 0 aliphatic heterocycles. The van der Waals surface area contributed by atoms with E-state index in [1.165, 1.54) is 0 Å². The smallest absolute Gasteiger partial charge is 0.251 e. The first kappa shape index (κ1) is 16.2. The molecular formula is C14H16NO4S-. The van der Waals surface area contributed by atoms with Gasteiger partial charge in [0.2, 0.25) is 5.12 Å². The van der Waals surface area contributed by atoms with Gasteiger partial charge in [0.15, 0.2) is 0 Å². The molecule has 0 radical (unpaired) electrons. The lowest BCUT2D eigenvalue weighted by Gasteiger charge is -2.20. The average Bonchev–Trinajstić information content (AvgIpc) is 2.42. The van der Waals surface area contributed by atoms with Crippen LogP contribution in [0.15, 0.2) is 30.3 Å². The second kappa shape index (κ2) is 7.69. The summed E-state index contributed by atoms with van der Waals surface area (Å²) in [6, 6.07) is 7.80. The van der Waals surface area contributed by atoms with Gasteiger partial charge in [-0.15, -0.1) is 0 Å². The maximum Gasteiger partial charge on any atom is 0.251 e. The van der Waals surface area contributed by atoms with Gasteiger partial charge >= 0.3 is 0 Å². The number of thioether (sulfide) groups is 1. The molecule has 0 saturated carbocycles. The summed E-state index contributed by atoms with van der Waals surface area (Å²) in [5, 5.41) is 12.6. The zero-order chi connectivity index (χ0) is 15.1.